The normalized spacial score (nSPS) is 12.7. The van der Waals surface area contributed by atoms with Gasteiger partial charge in [0.2, 0.25) is 6.79 Å². The van der Waals surface area contributed by atoms with E-state index in [0.717, 1.165) is 0 Å². The van der Waals surface area contributed by atoms with E-state index < -0.39 is 29.0 Å². The van der Waals surface area contributed by atoms with Crippen LogP contribution in [0.5, 0.6) is 0 Å². The molecule has 0 radical (unpaired) electrons. The first-order valence-electron chi connectivity index (χ1n) is 5.96. The van der Waals surface area contributed by atoms with Gasteiger partial charge in [-0.2, -0.15) is 0 Å². The van der Waals surface area contributed by atoms with Gasteiger partial charge in [-0.1, -0.05) is 45.7 Å². The van der Waals surface area contributed by atoms with Crippen molar-refractivity contribution in [1.29, 1.82) is 0 Å². The summed E-state index contributed by atoms with van der Waals surface area (Å²) in [5.74, 6) is -1.01. The summed E-state index contributed by atoms with van der Waals surface area (Å²) in [6.07, 6.45) is 0. The Morgan fingerprint density at radius 1 is 1.25 bits per heavy atom. The zero-order valence-electron chi connectivity index (χ0n) is 11.5. The van der Waals surface area contributed by atoms with Crippen LogP contribution in [0.2, 0.25) is 5.02 Å². The van der Waals surface area contributed by atoms with Gasteiger partial charge in [-0.15, -0.1) is 0 Å². The minimum absolute atomic E-state index is 0.415. The van der Waals surface area contributed by atoms with Crippen LogP contribution in [-0.2, 0) is 19.1 Å². The van der Waals surface area contributed by atoms with Crippen molar-refractivity contribution in [3.8, 4) is 0 Å². The lowest BCUT2D eigenvalue weighted by molar-refractivity contribution is -0.172. The lowest BCUT2D eigenvalue weighted by Gasteiger charge is -2.17. The number of halogens is 2. The molecule has 0 fully saturated rings. The van der Waals surface area contributed by atoms with Gasteiger partial charge in [0, 0.05) is 5.02 Å². The summed E-state index contributed by atoms with van der Waals surface area (Å²) in [5, 5.41) is 0.456. The van der Waals surface area contributed by atoms with Gasteiger partial charge < -0.3 is 9.47 Å². The Morgan fingerprint density at radius 2 is 1.85 bits per heavy atom. The highest BCUT2D eigenvalue weighted by atomic mass is 79.9. The fourth-order valence-corrected chi connectivity index (χ4v) is 2.15. The molecule has 0 saturated carbocycles. The van der Waals surface area contributed by atoms with E-state index >= 15 is 0 Å². The maximum Gasteiger partial charge on any atom is 0.327 e. The van der Waals surface area contributed by atoms with Gasteiger partial charge in [0.1, 0.15) is 4.83 Å². The molecule has 0 aliphatic rings. The van der Waals surface area contributed by atoms with Gasteiger partial charge in [-0.3, -0.25) is 9.59 Å². The van der Waals surface area contributed by atoms with Gasteiger partial charge in [0.15, 0.2) is 0 Å². The second-order valence-electron chi connectivity index (χ2n) is 5.15. The van der Waals surface area contributed by atoms with E-state index in [4.69, 9.17) is 21.1 Å². The quantitative estimate of drug-likeness (QED) is 0.463. The molecule has 0 bridgehead atoms. The molecule has 20 heavy (non-hydrogen) atoms. The first kappa shape index (κ1) is 17.0. The van der Waals surface area contributed by atoms with Crippen LogP contribution in [0.4, 0.5) is 0 Å². The van der Waals surface area contributed by atoms with Crippen molar-refractivity contribution in [3.05, 3.63) is 34.9 Å². The van der Waals surface area contributed by atoms with Crippen LogP contribution >= 0.6 is 27.5 Å². The highest BCUT2D eigenvalue weighted by Crippen LogP contribution is 2.30. The average molecular weight is 364 g/mol. The number of hydrogen-bond donors (Lipinski definition) is 0. The van der Waals surface area contributed by atoms with Crippen LogP contribution < -0.4 is 0 Å². The lowest BCUT2D eigenvalue weighted by Crippen LogP contribution is -2.25. The molecule has 0 amide bonds. The standard InChI is InChI=1S/C14H16BrClO4/c1-14(2,3)13(18)20-8-19-12(17)11(15)9-6-4-5-7-10(9)16/h4-7,11H,8H2,1-3H3. The number of ether oxygens (including phenoxy) is 2. The van der Waals surface area contributed by atoms with E-state index in [0.29, 0.717) is 10.6 Å². The molecule has 1 unspecified atom stereocenters. The third kappa shape index (κ3) is 4.80. The zero-order chi connectivity index (χ0) is 15.3. The van der Waals surface area contributed by atoms with Gasteiger partial charge in [0.25, 0.3) is 0 Å². The second-order valence-corrected chi connectivity index (χ2v) is 6.47. The Labute approximate surface area is 131 Å². The number of hydrogen-bond acceptors (Lipinski definition) is 4. The Bertz CT molecular complexity index is 496. The summed E-state index contributed by atoms with van der Waals surface area (Å²) in [7, 11) is 0. The van der Waals surface area contributed by atoms with Crippen molar-refractivity contribution in [2.75, 3.05) is 6.79 Å². The fraction of sp³-hybridized carbons (Fsp3) is 0.429. The largest absolute Gasteiger partial charge is 0.427 e. The maximum absolute atomic E-state index is 11.8. The first-order chi connectivity index (χ1) is 9.23. The highest BCUT2D eigenvalue weighted by molar-refractivity contribution is 9.09. The molecular weight excluding hydrogens is 348 g/mol. The van der Waals surface area contributed by atoms with Crippen molar-refractivity contribution in [2.45, 2.75) is 25.6 Å². The van der Waals surface area contributed by atoms with Crippen molar-refractivity contribution in [1.82, 2.24) is 0 Å². The van der Waals surface area contributed by atoms with Crippen LogP contribution in [0.15, 0.2) is 24.3 Å². The molecule has 1 rings (SSSR count). The molecule has 1 aromatic rings. The summed E-state index contributed by atoms with van der Waals surface area (Å²) in [6.45, 7) is 4.73. The molecule has 110 valence electrons. The fourth-order valence-electron chi connectivity index (χ4n) is 1.24. The number of carbonyl (C=O) groups excluding carboxylic acids is 2. The van der Waals surface area contributed by atoms with E-state index in [1.54, 1.807) is 45.0 Å². The molecule has 0 spiro atoms. The third-order valence-corrected chi connectivity index (χ3v) is 3.60. The Morgan fingerprint density at radius 3 is 2.40 bits per heavy atom. The topological polar surface area (TPSA) is 52.6 Å². The molecule has 4 nitrogen and oxygen atoms in total. The Hall–Kier alpha value is -1.07. The van der Waals surface area contributed by atoms with Crippen LogP contribution in [0.25, 0.3) is 0 Å². The predicted octanol–water partition coefficient (Wildman–Crippen LogP) is 3.87. The third-order valence-electron chi connectivity index (χ3n) is 2.39. The lowest BCUT2D eigenvalue weighted by atomic mass is 9.98. The van der Waals surface area contributed by atoms with Crippen LogP contribution in [-0.4, -0.2) is 18.7 Å². The summed E-state index contributed by atoms with van der Waals surface area (Å²) < 4.78 is 9.75. The summed E-state index contributed by atoms with van der Waals surface area (Å²) in [4.78, 5) is 22.6. The number of esters is 2. The number of rotatable bonds is 4. The summed E-state index contributed by atoms with van der Waals surface area (Å²) >= 11 is 9.19. The van der Waals surface area contributed by atoms with E-state index in [9.17, 15) is 9.59 Å². The van der Waals surface area contributed by atoms with Gasteiger partial charge in [-0.05, 0) is 32.4 Å². The van der Waals surface area contributed by atoms with Gasteiger partial charge >= 0.3 is 11.9 Å². The zero-order valence-corrected chi connectivity index (χ0v) is 13.8. The molecule has 0 N–H and O–H groups in total. The van der Waals surface area contributed by atoms with Crippen LogP contribution in [0, 0.1) is 5.41 Å². The SMILES string of the molecule is CC(C)(C)C(=O)OCOC(=O)C(Br)c1ccccc1Cl. The highest BCUT2D eigenvalue weighted by Gasteiger charge is 2.25. The number of carbonyl (C=O) groups is 2. The second kappa shape index (κ2) is 7.09. The predicted molar refractivity (Wildman–Crippen MR) is 79.6 cm³/mol. The summed E-state index contributed by atoms with van der Waals surface area (Å²) in [6, 6.07) is 6.92. The monoisotopic (exact) mass is 362 g/mol. The van der Waals surface area contributed by atoms with Gasteiger partial charge in [0.05, 0.1) is 5.41 Å². The number of alkyl halides is 1. The summed E-state index contributed by atoms with van der Waals surface area (Å²) in [5.41, 5.74) is -0.0375. The molecule has 0 saturated heterocycles. The van der Waals surface area contributed by atoms with Crippen LogP contribution in [0.3, 0.4) is 0 Å². The maximum atomic E-state index is 11.8. The molecule has 0 aliphatic carbocycles. The van der Waals surface area contributed by atoms with Gasteiger partial charge in [-0.25, -0.2) is 0 Å². The molecular formula is C14H16BrClO4. The Kier molecular flexibility index (Phi) is 6.02. The van der Waals surface area contributed by atoms with Crippen molar-refractivity contribution in [3.63, 3.8) is 0 Å². The van der Waals surface area contributed by atoms with Crippen molar-refractivity contribution < 1.29 is 19.1 Å². The smallest absolute Gasteiger partial charge is 0.327 e. The first-order valence-corrected chi connectivity index (χ1v) is 7.25. The van der Waals surface area contributed by atoms with Crippen LogP contribution in [0.1, 0.15) is 31.2 Å². The minimum atomic E-state index is -0.704. The molecule has 1 aromatic carbocycles. The van der Waals surface area contributed by atoms with E-state index in [2.05, 4.69) is 15.9 Å². The van der Waals surface area contributed by atoms with Crippen molar-refractivity contribution >= 4 is 39.5 Å². The molecule has 1 atom stereocenters. The number of benzene rings is 1. The average Bonchev–Trinajstić information content (AvgIpc) is 2.37. The molecule has 0 aliphatic heterocycles. The van der Waals surface area contributed by atoms with E-state index in [-0.39, 0.29) is 0 Å². The van der Waals surface area contributed by atoms with E-state index in [1.165, 1.54) is 0 Å². The van der Waals surface area contributed by atoms with Crippen molar-refractivity contribution in [2.24, 2.45) is 5.41 Å². The minimum Gasteiger partial charge on any atom is -0.427 e. The molecule has 6 heteroatoms. The Balaban J connectivity index is 2.52. The molecule has 0 heterocycles. The molecule has 0 aromatic heterocycles. The van der Waals surface area contributed by atoms with E-state index in [1.807, 2.05) is 0 Å².